The Morgan fingerprint density at radius 1 is 1.04 bits per heavy atom. The van der Waals surface area contributed by atoms with Gasteiger partial charge in [-0.15, -0.1) is 12.4 Å². The number of nitrogens with zero attached hydrogens (tertiary/aromatic N) is 2. The minimum atomic E-state index is -3.60. The molecule has 2 aromatic rings. The highest BCUT2D eigenvalue weighted by molar-refractivity contribution is 7.89. The van der Waals surface area contributed by atoms with Crippen LogP contribution < -0.4 is 10.5 Å². The number of halogens is 1. The van der Waals surface area contributed by atoms with Gasteiger partial charge < -0.3 is 15.4 Å². The summed E-state index contributed by atoms with van der Waals surface area (Å²) in [4.78, 5) is 14.6. The van der Waals surface area contributed by atoms with Crippen molar-refractivity contribution in [2.24, 2.45) is 0 Å². The van der Waals surface area contributed by atoms with Gasteiger partial charge in [-0.3, -0.25) is 4.79 Å². The molecule has 1 aliphatic rings. The van der Waals surface area contributed by atoms with E-state index >= 15 is 0 Å². The van der Waals surface area contributed by atoms with Crippen molar-refractivity contribution in [1.82, 2.24) is 9.21 Å². The molecule has 0 radical (unpaired) electrons. The van der Waals surface area contributed by atoms with E-state index in [1.165, 1.54) is 23.5 Å². The van der Waals surface area contributed by atoms with Crippen molar-refractivity contribution in [3.05, 3.63) is 53.6 Å². The fourth-order valence-corrected chi connectivity index (χ4v) is 4.49. The normalized spacial score (nSPS) is 15.0. The van der Waals surface area contributed by atoms with Gasteiger partial charge in [-0.2, -0.15) is 4.31 Å². The molecule has 7 nitrogen and oxygen atoms in total. The number of nitrogens with two attached hydrogens (primary N) is 1. The van der Waals surface area contributed by atoms with Crippen LogP contribution >= 0.6 is 12.4 Å². The summed E-state index contributed by atoms with van der Waals surface area (Å²) >= 11 is 0. The van der Waals surface area contributed by atoms with Crippen LogP contribution in [0.4, 0.5) is 5.69 Å². The summed E-state index contributed by atoms with van der Waals surface area (Å²) in [7, 11) is -2.07. The number of hydrogen-bond acceptors (Lipinski definition) is 5. The topological polar surface area (TPSA) is 92.9 Å². The second-order valence-electron chi connectivity index (χ2n) is 6.45. The first-order valence-electron chi connectivity index (χ1n) is 8.62. The van der Waals surface area contributed by atoms with Gasteiger partial charge in [0.25, 0.3) is 5.91 Å². The molecule has 0 aromatic heterocycles. The van der Waals surface area contributed by atoms with Gasteiger partial charge in [0.05, 0.1) is 12.0 Å². The minimum Gasteiger partial charge on any atom is -0.497 e. The third kappa shape index (κ3) is 4.40. The molecule has 1 amide bonds. The third-order valence-corrected chi connectivity index (χ3v) is 6.63. The average molecular weight is 426 g/mol. The lowest BCUT2D eigenvalue weighted by molar-refractivity contribution is 0.0697. The molecular formula is C19H24ClN3O4S. The quantitative estimate of drug-likeness (QED) is 0.757. The molecule has 0 unspecified atom stereocenters. The molecule has 0 aliphatic carbocycles. The SMILES string of the molecule is COc1ccc(S(=O)(=O)N2CCN(C(=O)c3cc(N)ccc3C)CC2)cc1.Cl. The zero-order valence-corrected chi connectivity index (χ0v) is 17.4. The van der Waals surface area contributed by atoms with Gasteiger partial charge in [0.1, 0.15) is 5.75 Å². The van der Waals surface area contributed by atoms with E-state index < -0.39 is 10.0 Å². The summed E-state index contributed by atoms with van der Waals surface area (Å²) in [5.74, 6) is 0.475. The summed E-state index contributed by atoms with van der Waals surface area (Å²) in [6.45, 7) is 3.03. The van der Waals surface area contributed by atoms with Crippen molar-refractivity contribution < 1.29 is 17.9 Å². The lowest BCUT2D eigenvalue weighted by atomic mass is 10.1. The van der Waals surface area contributed by atoms with E-state index in [-0.39, 0.29) is 36.3 Å². The van der Waals surface area contributed by atoms with E-state index in [4.69, 9.17) is 10.5 Å². The molecule has 2 aromatic carbocycles. The Kier molecular flexibility index (Phi) is 6.92. The van der Waals surface area contributed by atoms with Crippen molar-refractivity contribution in [1.29, 1.82) is 0 Å². The molecule has 3 rings (SSSR count). The molecule has 2 N–H and O–H groups in total. The van der Waals surface area contributed by atoms with Gasteiger partial charge in [-0.05, 0) is 48.9 Å². The summed E-state index contributed by atoms with van der Waals surface area (Å²) in [6, 6.07) is 11.5. The third-order valence-electron chi connectivity index (χ3n) is 4.72. The number of sulfonamides is 1. The van der Waals surface area contributed by atoms with E-state index in [1.807, 2.05) is 13.0 Å². The number of anilines is 1. The lowest BCUT2D eigenvalue weighted by Crippen LogP contribution is -2.50. The van der Waals surface area contributed by atoms with Crippen LogP contribution in [-0.2, 0) is 10.0 Å². The average Bonchev–Trinajstić information content (AvgIpc) is 2.69. The Labute approximate surface area is 171 Å². The van der Waals surface area contributed by atoms with E-state index in [1.54, 1.807) is 29.2 Å². The van der Waals surface area contributed by atoms with Gasteiger partial charge >= 0.3 is 0 Å². The summed E-state index contributed by atoms with van der Waals surface area (Å²) < 4.78 is 32.1. The van der Waals surface area contributed by atoms with Crippen molar-refractivity contribution in [3.63, 3.8) is 0 Å². The van der Waals surface area contributed by atoms with Crippen molar-refractivity contribution in [2.75, 3.05) is 39.0 Å². The number of nitrogen functional groups attached to an aromatic ring is 1. The molecule has 9 heteroatoms. The molecule has 1 aliphatic heterocycles. The van der Waals surface area contributed by atoms with E-state index in [2.05, 4.69) is 0 Å². The van der Waals surface area contributed by atoms with Crippen LogP contribution in [0.3, 0.4) is 0 Å². The van der Waals surface area contributed by atoms with Crippen LogP contribution in [0.2, 0.25) is 0 Å². The highest BCUT2D eigenvalue weighted by atomic mass is 35.5. The number of methoxy groups -OCH3 is 1. The number of amides is 1. The predicted molar refractivity (Wildman–Crippen MR) is 110 cm³/mol. The van der Waals surface area contributed by atoms with Gasteiger partial charge in [0.2, 0.25) is 10.0 Å². The number of rotatable bonds is 4. The minimum absolute atomic E-state index is 0. The number of aryl methyl sites for hydroxylation is 1. The second kappa shape index (κ2) is 8.81. The number of hydrogen-bond donors (Lipinski definition) is 1. The highest BCUT2D eigenvalue weighted by Crippen LogP contribution is 2.22. The molecule has 1 saturated heterocycles. The zero-order chi connectivity index (χ0) is 19.6. The first-order valence-corrected chi connectivity index (χ1v) is 10.1. The Hall–Kier alpha value is -2.29. The summed E-state index contributed by atoms with van der Waals surface area (Å²) in [5.41, 5.74) is 7.73. The van der Waals surface area contributed by atoms with Crippen LogP contribution in [0, 0.1) is 6.92 Å². The molecule has 0 bridgehead atoms. The maximum Gasteiger partial charge on any atom is 0.254 e. The molecule has 0 spiro atoms. The Bertz CT molecular complexity index is 940. The standard InChI is InChI=1S/C19H23N3O4S.ClH/c1-14-3-4-15(20)13-18(14)19(23)21-9-11-22(12-10-21)27(24,25)17-7-5-16(26-2)6-8-17;/h3-8,13H,9-12,20H2,1-2H3;1H. The van der Waals surface area contributed by atoms with E-state index in [0.29, 0.717) is 30.1 Å². The van der Waals surface area contributed by atoms with Crippen LogP contribution in [0.25, 0.3) is 0 Å². The number of carbonyl (C=O) groups is 1. The molecule has 28 heavy (non-hydrogen) atoms. The Morgan fingerprint density at radius 3 is 2.21 bits per heavy atom. The number of ether oxygens (including phenoxy) is 1. The Morgan fingerprint density at radius 2 is 1.64 bits per heavy atom. The monoisotopic (exact) mass is 425 g/mol. The molecule has 0 atom stereocenters. The predicted octanol–water partition coefficient (Wildman–Crippen LogP) is 2.15. The smallest absolute Gasteiger partial charge is 0.254 e. The van der Waals surface area contributed by atoms with Gasteiger partial charge in [-0.1, -0.05) is 6.07 Å². The summed E-state index contributed by atoms with van der Waals surface area (Å²) in [5, 5.41) is 0. The number of piperazine rings is 1. The molecule has 1 fully saturated rings. The number of benzene rings is 2. The van der Waals surface area contributed by atoms with E-state index in [0.717, 1.165) is 5.56 Å². The van der Waals surface area contributed by atoms with Crippen LogP contribution in [0.5, 0.6) is 5.75 Å². The molecular weight excluding hydrogens is 402 g/mol. The van der Waals surface area contributed by atoms with Gasteiger partial charge in [0.15, 0.2) is 0 Å². The Balaban J connectivity index is 0.00000280. The molecule has 152 valence electrons. The first kappa shape index (κ1) is 22.0. The van der Waals surface area contributed by atoms with Gasteiger partial charge in [0, 0.05) is 37.4 Å². The fourth-order valence-electron chi connectivity index (χ4n) is 3.07. The van der Waals surface area contributed by atoms with Crippen LogP contribution in [0.15, 0.2) is 47.4 Å². The lowest BCUT2D eigenvalue weighted by Gasteiger charge is -2.34. The second-order valence-corrected chi connectivity index (χ2v) is 8.38. The van der Waals surface area contributed by atoms with Crippen molar-refractivity contribution >= 4 is 34.0 Å². The molecule has 0 saturated carbocycles. The van der Waals surface area contributed by atoms with Crippen LogP contribution in [-0.4, -0.2) is 56.8 Å². The van der Waals surface area contributed by atoms with Crippen molar-refractivity contribution in [3.8, 4) is 5.75 Å². The van der Waals surface area contributed by atoms with Crippen molar-refractivity contribution in [2.45, 2.75) is 11.8 Å². The first-order chi connectivity index (χ1) is 12.8. The largest absolute Gasteiger partial charge is 0.497 e. The van der Waals surface area contributed by atoms with Gasteiger partial charge in [-0.25, -0.2) is 8.42 Å². The highest BCUT2D eigenvalue weighted by Gasteiger charge is 2.30. The molecule has 1 heterocycles. The fraction of sp³-hybridized carbons (Fsp3) is 0.316. The zero-order valence-electron chi connectivity index (χ0n) is 15.8. The maximum atomic E-state index is 12.8. The van der Waals surface area contributed by atoms with Crippen LogP contribution in [0.1, 0.15) is 15.9 Å². The number of carbonyl (C=O) groups excluding carboxylic acids is 1. The maximum absolute atomic E-state index is 12.8. The summed E-state index contributed by atoms with van der Waals surface area (Å²) in [6.07, 6.45) is 0. The van der Waals surface area contributed by atoms with E-state index in [9.17, 15) is 13.2 Å².